The summed E-state index contributed by atoms with van der Waals surface area (Å²) in [4.78, 5) is 16.7. The molecular formula is C22H27F2N3O4S. The van der Waals surface area contributed by atoms with Crippen molar-refractivity contribution >= 4 is 15.9 Å². The molecule has 0 N–H and O–H groups in total. The van der Waals surface area contributed by atoms with Crippen molar-refractivity contribution < 1.29 is 26.2 Å². The van der Waals surface area contributed by atoms with Crippen LogP contribution in [0.2, 0.25) is 0 Å². The third-order valence-corrected chi connectivity index (χ3v) is 8.98. The number of hydrogen-bond donors (Lipinski definition) is 0. The fourth-order valence-corrected chi connectivity index (χ4v) is 7.56. The lowest BCUT2D eigenvalue weighted by Gasteiger charge is -2.36. The third-order valence-electron chi connectivity index (χ3n) is 7.59. The Morgan fingerprint density at radius 1 is 1.31 bits per heavy atom. The van der Waals surface area contributed by atoms with Gasteiger partial charge >= 0.3 is 0 Å². The molecule has 174 valence electrons. The molecule has 2 aliphatic carbocycles. The first-order valence-corrected chi connectivity index (χ1v) is 12.3. The van der Waals surface area contributed by atoms with Gasteiger partial charge in [0.1, 0.15) is 42.2 Å². The SMILES string of the molecule is CCC(OS(=O)(=O)C[C@@]12CCC(CC1=O)C2(C)C)C(c1ccc(F)cc1F)n1cncn1. The Morgan fingerprint density at radius 3 is 2.59 bits per heavy atom. The summed E-state index contributed by atoms with van der Waals surface area (Å²) in [5.74, 6) is -1.86. The van der Waals surface area contributed by atoms with Crippen molar-refractivity contribution in [2.75, 3.05) is 5.75 Å². The van der Waals surface area contributed by atoms with Crippen LogP contribution in [0.3, 0.4) is 0 Å². The molecule has 1 aromatic carbocycles. The molecule has 0 spiro atoms. The molecule has 1 aromatic heterocycles. The number of rotatable bonds is 8. The molecule has 2 fully saturated rings. The standard InChI is InChI=1S/C22H27F2N3O4S/c1-4-18(20(27-13-25-12-26-27)16-6-5-15(23)10-17(16)24)31-32(29,30)11-22-8-7-14(9-19(22)28)21(22,2)3/h5-6,10,12-14,18,20H,4,7-9,11H2,1-3H3/t14?,18?,20?,22-/m0/s1. The zero-order valence-electron chi connectivity index (χ0n) is 18.3. The molecule has 2 aromatic rings. The summed E-state index contributed by atoms with van der Waals surface area (Å²) in [5, 5.41) is 4.05. The number of carbonyl (C=O) groups is 1. The van der Waals surface area contributed by atoms with Gasteiger partial charge in [0.25, 0.3) is 10.1 Å². The summed E-state index contributed by atoms with van der Waals surface area (Å²) < 4.78 is 61.6. The van der Waals surface area contributed by atoms with Crippen molar-refractivity contribution in [3.63, 3.8) is 0 Å². The first-order chi connectivity index (χ1) is 15.0. The van der Waals surface area contributed by atoms with Gasteiger partial charge in [0.05, 0.1) is 11.2 Å². The van der Waals surface area contributed by atoms with Gasteiger partial charge in [-0.05, 0) is 36.7 Å². The van der Waals surface area contributed by atoms with Crippen molar-refractivity contribution in [3.05, 3.63) is 48.1 Å². The Kier molecular flexibility index (Phi) is 5.73. The van der Waals surface area contributed by atoms with Crippen LogP contribution in [0.5, 0.6) is 0 Å². The van der Waals surface area contributed by atoms with E-state index in [-0.39, 0.29) is 23.7 Å². The lowest BCUT2D eigenvalue weighted by Crippen LogP contribution is -2.43. The van der Waals surface area contributed by atoms with Gasteiger partial charge in [-0.1, -0.05) is 26.8 Å². The van der Waals surface area contributed by atoms with E-state index in [2.05, 4.69) is 10.1 Å². The second-order valence-electron chi connectivity index (χ2n) is 9.40. The molecule has 2 saturated carbocycles. The molecule has 0 saturated heterocycles. The van der Waals surface area contributed by atoms with Crippen LogP contribution in [0.15, 0.2) is 30.9 Å². The summed E-state index contributed by atoms with van der Waals surface area (Å²) in [7, 11) is -4.17. The highest BCUT2D eigenvalue weighted by molar-refractivity contribution is 7.86. The smallest absolute Gasteiger partial charge is 0.268 e. The summed E-state index contributed by atoms with van der Waals surface area (Å²) >= 11 is 0. The van der Waals surface area contributed by atoms with Crippen LogP contribution in [-0.4, -0.2) is 40.8 Å². The molecular weight excluding hydrogens is 440 g/mol. The third kappa shape index (κ3) is 3.67. The van der Waals surface area contributed by atoms with Crippen LogP contribution in [-0.2, 0) is 19.1 Å². The van der Waals surface area contributed by atoms with Crippen LogP contribution in [0.25, 0.3) is 0 Å². The van der Waals surface area contributed by atoms with E-state index in [0.717, 1.165) is 18.6 Å². The largest absolute Gasteiger partial charge is 0.299 e. The fraction of sp³-hybridized carbons (Fsp3) is 0.591. The molecule has 0 aliphatic heterocycles. The summed E-state index contributed by atoms with van der Waals surface area (Å²) in [6.07, 6.45) is 3.46. The molecule has 3 unspecified atom stereocenters. The van der Waals surface area contributed by atoms with E-state index >= 15 is 0 Å². The summed E-state index contributed by atoms with van der Waals surface area (Å²) in [6.45, 7) is 5.61. The number of hydrogen-bond acceptors (Lipinski definition) is 6. The lowest BCUT2D eigenvalue weighted by atomic mass is 9.70. The molecule has 10 heteroatoms. The minimum Gasteiger partial charge on any atom is -0.299 e. The van der Waals surface area contributed by atoms with Crippen LogP contribution in [0.1, 0.15) is 58.1 Å². The van der Waals surface area contributed by atoms with Crippen molar-refractivity contribution in [1.29, 1.82) is 0 Å². The van der Waals surface area contributed by atoms with Gasteiger partial charge in [0.2, 0.25) is 0 Å². The number of halogens is 2. The second-order valence-corrected chi connectivity index (χ2v) is 11.0. The molecule has 0 amide bonds. The summed E-state index contributed by atoms with van der Waals surface area (Å²) in [6, 6.07) is 2.09. The minimum atomic E-state index is -4.17. The molecule has 4 rings (SSSR count). The van der Waals surface area contributed by atoms with Gasteiger partial charge in [-0.3, -0.25) is 8.98 Å². The van der Waals surface area contributed by atoms with Crippen LogP contribution in [0.4, 0.5) is 8.78 Å². The van der Waals surface area contributed by atoms with Gasteiger partial charge < -0.3 is 0 Å². The molecule has 4 atom stereocenters. The van der Waals surface area contributed by atoms with Crippen LogP contribution >= 0.6 is 0 Å². The van der Waals surface area contributed by atoms with Gasteiger partial charge in [-0.25, -0.2) is 18.4 Å². The van der Waals surface area contributed by atoms with E-state index in [0.29, 0.717) is 12.8 Å². The molecule has 1 heterocycles. The predicted molar refractivity (Wildman–Crippen MR) is 112 cm³/mol. The van der Waals surface area contributed by atoms with E-state index in [4.69, 9.17) is 4.18 Å². The molecule has 0 radical (unpaired) electrons. The number of fused-ring (bicyclic) bond motifs is 2. The van der Waals surface area contributed by atoms with E-state index in [1.165, 1.54) is 23.4 Å². The number of benzene rings is 1. The van der Waals surface area contributed by atoms with Crippen LogP contribution in [0, 0.1) is 28.4 Å². The van der Waals surface area contributed by atoms with Gasteiger partial charge in [0, 0.05) is 18.1 Å². The maximum absolute atomic E-state index is 14.7. The Hall–Kier alpha value is -2.20. The van der Waals surface area contributed by atoms with E-state index in [9.17, 15) is 22.0 Å². The molecule has 7 nitrogen and oxygen atoms in total. The van der Waals surface area contributed by atoms with Crippen molar-refractivity contribution in [2.24, 2.45) is 16.7 Å². The fourth-order valence-electron chi connectivity index (χ4n) is 5.59. The van der Waals surface area contributed by atoms with Crippen molar-refractivity contribution in [2.45, 2.75) is 58.6 Å². The highest BCUT2D eigenvalue weighted by Gasteiger charge is 2.65. The quantitative estimate of drug-likeness (QED) is 0.550. The highest BCUT2D eigenvalue weighted by Crippen LogP contribution is 2.64. The topological polar surface area (TPSA) is 91.2 Å². The van der Waals surface area contributed by atoms with E-state index in [1.54, 1.807) is 6.92 Å². The number of Topliss-reactive ketones (excluding diaryl/α,β-unsaturated/α-hetero) is 1. The van der Waals surface area contributed by atoms with Gasteiger partial charge in [0.15, 0.2) is 0 Å². The lowest BCUT2D eigenvalue weighted by molar-refractivity contribution is -0.128. The number of carbonyl (C=O) groups excluding carboxylic acids is 1. The minimum absolute atomic E-state index is 0.0311. The first-order valence-electron chi connectivity index (χ1n) is 10.7. The number of ketones is 1. The van der Waals surface area contributed by atoms with Crippen LogP contribution < -0.4 is 0 Å². The maximum atomic E-state index is 14.7. The maximum Gasteiger partial charge on any atom is 0.268 e. The van der Waals surface area contributed by atoms with E-state index in [1.807, 2.05) is 13.8 Å². The Balaban J connectivity index is 1.66. The Labute approximate surface area is 186 Å². The number of aromatic nitrogens is 3. The average Bonchev–Trinajstić information content (AvgIpc) is 3.35. The Bertz CT molecular complexity index is 1120. The zero-order chi connectivity index (χ0) is 23.3. The van der Waals surface area contributed by atoms with Gasteiger partial charge in [-0.2, -0.15) is 13.5 Å². The average molecular weight is 468 g/mol. The van der Waals surface area contributed by atoms with Gasteiger partial charge in [-0.15, -0.1) is 0 Å². The van der Waals surface area contributed by atoms with Crippen molar-refractivity contribution in [1.82, 2.24) is 14.8 Å². The molecule has 2 bridgehead atoms. The highest BCUT2D eigenvalue weighted by atomic mass is 32.2. The van der Waals surface area contributed by atoms with Crippen molar-refractivity contribution in [3.8, 4) is 0 Å². The van der Waals surface area contributed by atoms with E-state index < -0.39 is 50.5 Å². The molecule has 2 aliphatic rings. The summed E-state index contributed by atoms with van der Waals surface area (Å²) in [5.41, 5.74) is -1.37. The molecule has 32 heavy (non-hydrogen) atoms. The first kappa shape index (κ1) is 23.0. The monoisotopic (exact) mass is 467 g/mol. The second kappa shape index (κ2) is 7.98. The predicted octanol–water partition coefficient (Wildman–Crippen LogP) is 3.67. The normalized spacial score (nSPS) is 26.4. The Morgan fingerprint density at radius 2 is 2.06 bits per heavy atom. The number of nitrogens with zero attached hydrogens (tertiary/aromatic N) is 3. The zero-order valence-corrected chi connectivity index (χ0v) is 19.1.